The van der Waals surface area contributed by atoms with E-state index < -0.39 is 0 Å². The van der Waals surface area contributed by atoms with Crippen LogP contribution in [0.25, 0.3) is 0 Å². The van der Waals surface area contributed by atoms with Crippen LogP contribution >= 0.6 is 11.8 Å². The zero-order valence-corrected chi connectivity index (χ0v) is 11.1. The molecule has 0 radical (unpaired) electrons. The summed E-state index contributed by atoms with van der Waals surface area (Å²) in [6.07, 6.45) is 2.40. The lowest BCUT2D eigenvalue weighted by molar-refractivity contribution is -0.122. The van der Waals surface area contributed by atoms with Crippen LogP contribution in [0.2, 0.25) is 0 Å². The molecule has 3 nitrogen and oxygen atoms in total. The predicted octanol–water partition coefficient (Wildman–Crippen LogP) is 1.74. The Labute approximate surface area is 112 Å². The molecule has 1 aromatic carbocycles. The van der Waals surface area contributed by atoms with Gasteiger partial charge in [0.05, 0.1) is 5.92 Å². The second kappa shape index (κ2) is 5.33. The van der Waals surface area contributed by atoms with E-state index in [9.17, 15) is 4.79 Å². The maximum absolute atomic E-state index is 12.2. The summed E-state index contributed by atoms with van der Waals surface area (Å²) in [6.45, 7) is 1.85. The molecule has 96 valence electrons. The quantitative estimate of drug-likeness (QED) is 0.872. The number of rotatable bonds is 3. The second-order valence-electron chi connectivity index (χ2n) is 4.94. The molecule has 1 aromatic rings. The smallest absolute Gasteiger partial charge is 0.228 e. The minimum Gasteiger partial charge on any atom is -0.354 e. The van der Waals surface area contributed by atoms with Crippen molar-refractivity contribution in [3.05, 3.63) is 29.8 Å². The Balaban J connectivity index is 1.60. The summed E-state index contributed by atoms with van der Waals surface area (Å²) >= 11 is 1.79. The van der Waals surface area contributed by atoms with Crippen LogP contribution in [0, 0.1) is 0 Å². The minimum atomic E-state index is 0.0348. The first-order valence-corrected chi connectivity index (χ1v) is 7.56. The monoisotopic (exact) mass is 262 g/mol. The van der Waals surface area contributed by atoms with Gasteiger partial charge in [0.25, 0.3) is 0 Å². The molecule has 2 atom stereocenters. The van der Waals surface area contributed by atoms with Crippen LogP contribution in [-0.2, 0) is 4.79 Å². The van der Waals surface area contributed by atoms with E-state index >= 15 is 0 Å². The molecule has 2 heterocycles. The fourth-order valence-electron chi connectivity index (χ4n) is 2.66. The van der Waals surface area contributed by atoms with Crippen LogP contribution in [0.3, 0.4) is 0 Å². The van der Waals surface area contributed by atoms with Crippen molar-refractivity contribution >= 4 is 17.7 Å². The number of benzene rings is 1. The molecule has 0 unspecified atom stereocenters. The van der Waals surface area contributed by atoms with E-state index in [0.717, 1.165) is 18.8 Å². The predicted molar refractivity (Wildman–Crippen MR) is 73.9 cm³/mol. The summed E-state index contributed by atoms with van der Waals surface area (Å²) < 4.78 is 0. The van der Waals surface area contributed by atoms with Crippen molar-refractivity contribution in [1.82, 2.24) is 10.6 Å². The molecule has 2 aliphatic rings. The third kappa shape index (κ3) is 2.40. The van der Waals surface area contributed by atoms with E-state index in [1.807, 2.05) is 12.1 Å². The average molecular weight is 262 g/mol. The van der Waals surface area contributed by atoms with Crippen molar-refractivity contribution in [3.63, 3.8) is 0 Å². The van der Waals surface area contributed by atoms with E-state index in [0.29, 0.717) is 6.04 Å². The second-order valence-corrected chi connectivity index (χ2v) is 6.00. The number of fused-ring (bicyclic) bond motifs is 1. The van der Waals surface area contributed by atoms with Gasteiger partial charge >= 0.3 is 0 Å². The largest absolute Gasteiger partial charge is 0.354 e. The Morgan fingerprint density at radius 1 is 1.44 bits per heavy atom. The van der Waals surface area contributed by atoms with Crippen LogP contribution in [0.5, 0.6) is 0 Å². The van der Waals surface area contributed by atoms with Crippen molar-refractivity contribution in [2.24, 2.45) is 0 Å². The van der Waals surface area contributed by atoms with Gasteiger partial charge in [0.2, 0.25) is 5.91 Å². The number of carbonyl (C=O) groups is 1. The van der Waals surface area contributed by atoms with Crippen LogP contribution < -0.4 is 10.6 Å². The van der Waals surface area contributed by atoms with Gasteiger partial charge in [-0.1, -0.05) is 18.2 Å². The zero-order valence-electron chi connectivity index (χ0n) is 10.3. The van der Waals surface area contributed by atoms with Gasteiger partial charge in [-0.2, -0.15) is 0 Å². The first-order chi connectivity index (χ1) is 8.84. The lowest BCUT2D eigenvalue weighted by atomic mass is 10.0. The van der Waals surface area contributed by atoms with Crippen molar-refractivity contribution in [1.29, 1.82) is 0 Å². The van der Waals surface area contributed by atoms with Crippen molar-refractivity contribution in [2.75, 3.05) is 18.8 Å². The van der Waals surface area contributed by atoms with Crippen LogP contribution in [-0.4, -0.2) is 30.8 Å². The van der Waals surface area contributed by atoms with Gasteiger partial charge in [-0.05, 0) is 31.0 Å². The number of hydrogen-bond donors (Lipinski definition) is 2. The summed E-state index contributed by atoms with van der Waals surface area (Å²) in [7, 11) is 0. The number of amides is 1. The number of hydrogen-bond acceptors (Lipinski definition) is 3. The van der Waals surface area contributed by atoms with Crippen molar-refractivity contribution in [3.8, 4) is 0 Å². The van der Waals surface area contributed by atoms with E-state index in [1.54, 1.807) is 11.8 Å². The SMILES string of the molecule is O=C(NC[C@H]1CCCN1)[C@H]1CSc2ccccc21. The van der Waals surface area contributed by atoms with Crippen LogP contribution in [0.4, 0.5) is 0 Å². The number of nitrogens with one attached hydrogen (secondary N) is 2. The minimum absolute atomic E-state index is 0.0348. The molecule has 1 amide bonds. The highest BCUT2D eigenvalue weighted by Crippen LogP contribution is 2.39. The molecule has 1 fully saturated rings. The molecule has 2 N–H and O–H groups in total. The summed E-state index contributed by atoms with van der Waals surface area (Å²) in [5.74, 6) is 1.09. The maximum atomic E-state index is 12.2. The molecule has 0 spiro atoms. The van der Waals surface area contributed by atoms with Crippen molar-refractivity contribution in [2.45, 2.75) is 29.7 Å². The first kappa shape index (κ1) is 12.1. The Hall–Kier alpha value is -1.00. The van der Waals surface area contributed by atoms with Gasteiger partial charge in [0.15, 0.2) is 0 Å². The average Bonchev–Trinajstić information content (AvgIpc) is 3.05. The molecule has 0 aromatic heterocycles. The summed E-state index contributed by atoms with van der Waals surface area (Å²) in [5.41, 5.74) is 1.19. The third-order valence-electron chi connectivity index (χ3n) is 3.70. The van der Waals surface area contributed by atoms with E-state index in [-0.39, 0.29) is 11.8 Å². The highest BCUT2D eigenvalue weighted by atomic mass is 32.2. The molecule has 2 aliphatic heterocycles. The molecule has 0 aliphatic carbocycles. The molecule has 3 rings (SSSR count). The zero-order chi connectivity index (χ0) is 12.4. The standard InChI is InChI=1S/C14H18N2OS/c17-14(16-8-10-4-3-7-15-10)12-9-18-13-6-2-1-5-11(12)13/h1-2,5-6,10,12,15H,3-4,7-9H2,(H,16,17)/t10-,12+/m1/s1. The number of carbonyl (C=O) groups excluding carboxylic acids is 1. The Bertz CT molecular complexity index is 443. The van der Waals surface area contributed by atoms with Gasteiger partial charge in [-0.15, -0.1) is 11.8 Å². The van der Waals surface area contributed by atoms with Crippen LogP contribution in [0.1, 0.15) is 24.3 Å². The maximum Gasteiger partial charge on any atom is 0.228 e. The molecule has 4 heteroatoms. The summed E-state index contributed by atoms with van der Waals surface area (Å²) in [4.78, 5) is 13.5. The highest BCUT2D eigenvalue weighted by Gasteiger charge is 2.29. The van der Waals surface area contributed by atoms with E-state index in [1.165, 1.54) is 23.3 Å². The number of thioether (sulfide) groups is 1. The molecule has 0 saturated carbocycles. The van der Waals surface area contributed by atoms with Gasteiger partial charge in [0.1, 0.15) is 0 Å². The van der Waals surface area contributed by atoms with Crippen molar-refractivity contribution < 1.29 is 4.79 Å². The summed E-state index contributed by atoms with van der Waals surface area (Å²) in [5, 5.41) is 6.49. The molecule has 0 bridgehead atoms. The fraction of sp³-hybridized carbons (Fsp3) is 0.500. The Morgan fingerprint density at radius 2 is 2.33 bits per heavy atom. The molecule has 1 saturated heterocycles. The lowest BCUT2D eigenvalue weighted by Crippen LogP contribution is -2.39. The Kier molecular flexibility index (Phi) is 3.57. The molecular weight excluding hydrogens is 244 g/mol. The Morgan fingerprint density at radius 3 is 3.17 bits per heavy atom. The lowest BCUT2D eigenvalue weighted by Gasteiger charge is -2.15. The van der Waals surface area contributed by atoms with Gasteiger partial charge in [0, 0.05) is 23.2 Å². The normalized spacial score (nSPS) is 26.0. The van der Waals surface area contributed by atoms with Gasteiger partial charge in [-0.25, -0.2) is 0 Å². The summed E-state index contributed by atoms with van der Waals surface area (Å²) in [6, 6.07) is 8.70. The molecular formula is C14H18N2OS. The third-order valence-corrected chi connectivity index (χ3v) is 4.88. The van der Waals surface area contributed by atoms with E-state index in [4.69, 9.17) is 0 Å². The van der Waals surface area contributed by atoms with E-state index in [2.05, 4.69) is 22.8 Å². The van der Waals surface area contributed by atoms with Gasteiger partial charge in [-0.3, -0.25) is 4.79 Å². The van der Waals surface area contributed by atoms with Crippen LogP contribution in [0.15, 0.2) is 29.2 Å². The van der Waals surface area contributed by atoms with Gasteiger partial charge < -0.3 is 10.6 Å². The fourth-order valence-corrected chi connectivity index (χ4v) is 3.89. The first-order valence-electron chi connectivity index (χ1n) is 6.57. The highest BCUT2D eigenvalue weighted by molar-refractivity contribution is 7.99. The topological polar surface area (TPSA) is 41.1 Å². The molecule has 18 heavy (non-hydrogen) atoms.